The molecule has 0 aromatic heterocycles. The Morgan fingerprint density at radius 3 is 2.29 bits per heavy atom. The summed E-state index contributed by atoms with van der Waals surface area (Å²) < 4.78 is 5.56. The van der Waals surface area contributed by atoms with Crippen molar-refractivity contribution in [3.05, 3.63) is 105 Å². The maximum absolute atomic E-state index is 13.1. The van der Waals surface area contributed by atoms with Crippen LogP contribution in [0.1, 0.15) is 38.7 Å². The summed E-state index contributed by atoms with van der Waals surface area (Å²) in [5.74, 6) is -1.24. The van der Waals surface area contributed by atoms with E-state index in [1.165, 1.54) is 25.1 Å². The largest absolute Gasteiger partial charge is 0.444 e. The average molecular weight is 418 g/mol. The summed E-state index contributed by atoms with van der Waals surface area (Å²) in [6.07, 6.45) is -1.19. The van der Waals surface area contributed by atoms with E-state index in [4.69, 9.17) is 4.74 Å². The first-order valence-corrected chi connectivity index (χ1v) is 9.65. The second-order valence-electron chi connectivity index (χ2n) is 7.26. The number of amides is 1. The van der Waals surface area contributed by atoms with E-state index in [1.807, 2.05) is 32.0 Å². The molecule has 7 nitrogen and oxygen atoms in total. The van der Waals surface area contributed by atoms with Gasteiger partial charge in [-0.3, -0.25) is 14.9 Å². The van der Waals surface area contributed by atoms with Crippen molar-refractivity contribution < 1.29 is 19.2 Å². The van der Waals surface area contributed by atoms with Crippen LogP contribution in [-0.4, -0.2) is 16.8 Å². The molecule has 0 saturated carbocycles. The van der Waals surface area contributed by atoms with Crippen molar-refractivity contribution in [2.45, 2.75) is 26.9 Å². The summed E-state index contributed by atoms with van der Waals surface area (Å²) in [4.78, 5) is 36.3. The molecular weight excluding hydrogens is 396 g/mol. The standard InChI is InChI=1S/C24H22N2O5/c1-15-9-10-16(2)20(13-15)25-23(27)22(18-7-5-4-6-8-18)31-24(28)19-11-12-21(26(29)30)17(3)14-19/h4-14,22H,1-3H3,(H,25,27)/t22-/m1/s1. The van der Waals surface area contributed by atoms with Gasteiger partial charge in [0, 0.05) is 22.9 Å². The van der Waals surface area contributed by atoms with Gasteiger partial charge in [0.05, 0.1) is 10.5 Å². The number of rotatable bonds is 6. The molecule has 0 bridgehead atoms. The van der Waals surface area contributed by atoms with Crippen molar-refractivity contribution in [2.75, 3.05) is 5.32 Å². The molecular formula is C24H22N2O5. The predicted octanol–water partition coefficient (Wildman–Crippen LogP) is 5.06. The number of nitro groups is 1. The number of nitrogens with zero attached hydrogens (tertiary/aromatic N) is 1. The van der Waals surface area contributed by atoms with Gasteiger partial charge in [0.15, 0.2) is 0 Å². The molecule has 3 aromatic rings. The SMILES string of the molecule is Cc1ccc(C)c(NC(=O)[C@H](OC(=O)c2ccc([N+](=O)[O-])c(C)c2)c2ccccc2)c1. The maximum atomic E-state index is 13.1. The van der Waals surface area contributed by atoms with E-state index < -0.39 is 22.9 Å². The fraction of sp³-hybridized carbons (Fsp3) is 0.167. The number of aryl methyl sites for hydroxylation is 3. The van der Waals surface area contributed by atoms with E-state index in [-0.39, 0.29) is 11.3 Å². The first kappa shape index (κ1) is 21.7. The van der Waals surface area contributed by atoms with Crippen LogP contribution in [0, 0.1) is 30.9 Å². The van der Waals surface area contributed by atoms with E-state index >= 15 is 0 Å². The summed E-state index contributed by atoms with van der Waals surface area (Å²) in [6, 6.07) is 18.3. The van der Waals surface area contributed by atoms with Gasteiger partial charge in [-0.1, -0.05) is 42.5 Å². The van der Waals surface area contributed by atoms with Crippen LogP contribution in [0.2, 0.25) is 0 Å². The number of esters is 1. The molecule has 0 aliphatic rings. The predicted molar refractivity (Wildman–Crippen MR) is 117 cm³/mol. The zero-order valence-electron chi connectivity index (χ0n) is 17.4. The van der Waals surface area contributed by atoms with E-state index in [9.17, 15) is 19.7 Å². The van der Waals surface area contributed by atoms with Crippen LogP contribution >= 0.6 is 0 Å². The number of hydrogen-bond donors (Lipinski definition) is 1. The summed E-state index contributed by atoms with van der Waals surface area (Å²) in [5, 5.41) is 13.9. The molecule has 31 heavy (non-hydrogen) atoms. The molecule has 3 aromatic carbocycles. The van der Waals surface area contributed by atoms with Gasteiger partial charge in [0.25, 0.3) is 11.6 Å². The van der Waals surface area contributed by atoms with Crippen molar-refractivity contribution in [3.8, 4) is 0 Å². The van der Waals surface area contributed by atoms with Crippen LogP contribution in [0.25, 0.3) is 0 Å². The Bertz CT molecular complexity index is 1140. The van der Waals surface area contributed by atoms with E-state index in [0.29, 0.717) is 16.8 Å². The Morgan fingerprint density at radius 1 is 0.935 bits per heavy atom. The highest BCUT2D eigenvalue weighted by Gasteiger charge is 2.27. The van der Waals surface area contributed by atoms with Gasteiger partial charge in [-0.05, 0) is 50.1 Å². The lowest BCUT2D eigenvalue weighted by Gasteiger charge is -2.19. The molecule has 1 amide bonds. The van der Waals surface area contributed by atoms with Crippen molar-refractivity contribution in [1.29, 1.82) is 0 Å². The van der Waals surface area contributed by atoms with Crippen LogP contribution in [0.3, 0.4) is 0 Å². The zero-order chi connectivity index (χ0) is 22.5. The molecule has 158 valence electrons. The highest BCUT2D eigenvalue weighted by atomic mass is 16.6. The Labute approximate surface area is 179 Å². The van der Waals surface area contributed by atoms with E-state index in [1.54, 1.807) is 30.3 Å². The molecule has 0 aliphatic heterocycles. The molecule has 0 aliphatic carbocycles. The molecule has 1 atom stereocenters. The van der Waals surface area contributed by atoms with Crippen LogP contribution in [0.15, 0.2) is 66.7 Å². The topological polar surface area (TPSA) is 98.5 Å². The third-order valence-electron chi connectivity index (χ3n) is 4.85. The minimum atomic E-state index is -1.19. The van der Waals surface area contributed by atoms with Gasteiger partial charge >= 0.3 is 5.97 Å². The summed E-state index contributed by atoms with van der Waals surface area (Å²) in [7, 11) is 0. The van der Waals surface area contributed by atoms with Gasteiger partial charge in [-0.15, -0.1) is 0 Å². The summed E-state index contributed by atoms with van der Waals surface area (Å²) in [6.45, 7) is 5.33. The van der Waals surface area contributed by atoms with E-state index in [2.05, 4.69) is 5.32 Å². The number of carbonyl (C=O) groups is 2. The van der Waals surface area contributed by atoms with Crippen molar-refractivity contribution in [2.24, 2.45) is 0 Å². The fourth-order valence-corrected chi connectivity index (χ4v) is 3.13. The number of nitro benzene ring substituents is 1. The Hall–Kier alpha value is -4.00. The van der Waals surface area contributed by atoms with Gasteiger partial charge in [0.1, 0.15) is 0 Å². The van der Waals surface area contributed by atoms with Crippen molar-refractivity contribution >= 4 is 23.3 Å². The molecule has 1 N–H and O–H groups in total. The maximum Gasteiger partial charge on any atom is 0.339 e. The van der Waals surface area contributed by atoms with Crippen LogP contribution < -0.4 is 5.32 Å². The lowest BCUT2D eigenvalue weighted by Crippen LogP contribution is -2.26. The third-order valence-corrected chi connectivity index (χ3v) is 4.85. The number of carbonyl (C=O) groups excluding carboxylic acids is 2. The molecule has 3 rings (SSSR count). The number of ether oxygens (including phenoxy) is 1. The smallest absolute Gasteiger partial charge is 0.339 e. The van der Waals surface area contributed by atoms with Crippen LogP contribution in [-0.2, 0) is 9.53 Å². The first-order chi connectivity index (χ1) is 14.8. The van der Waals surface area contributed by atoms with Gasteiger partial charge in [0.2, 0.25) is 6.10 Å². The van der Waals surface area contributed by atoms with Crippen molar-refractivity contribution in [3.63, 3.8) is 0 Å². The lowest BCUT2D eigenvalue weighted by molar-refractivity contribution is -0.385. The monoisotopic (exact) mass is 418 g/mol. The Morgan fingerprint density at radius 2 is 1.65 bits per heavy atom. The van der Waals surface area contributed by atoms with Gasteiger partial charge < -0.3 is 10.1 Å². The summed E-state index contributed by atoms with van der Waals surface area (Å²) >= 11 is 0. The second-order valence-corrected chi connectivity index (χ2v) is 7.26. The number of hydrogen-bond acceptors (Lipinski definition) is 5. The molecule has 7 heteroatoms. The third kappa shape index (κ3) is 5.14. The quantitative estimate of drug-likeness (QED) is 0.343. The first-order valence-electron chi connectivity index (χ1n) is 9.65. The zero-order valence-corrected chi connectivity index (χ0v) is 17.4. The van der Waals surface area contributed by atoms with Gasteiger partial charge in [-0.2, -0.15) is 0 Å². The Balaban J connectivity index is 1.88. The highest BCUT2D eigenvalue weighted by Crippen LogP contribution is 2.25. The van der Waals surface area contributed by atoms with Crippen molar-refractivity contribution in [1.82, 2.24) is 0 Å². The van der Waals surface area contributed by atoms with Gasteiger partial charge in [-0.25, -0.2) is 4.79 Å². The molecule has 0 unspecified atom stereocenters. The molecule has 0 saturated heterocycles. The minimum absolute atomic E-state index is 0.0937. The Kier molecular flexibility index (Phi) is 6.45. The molecule has 0 radical (unpaired) electrons. The lowest BCUT2D eigenvalue weighted by atomic mass is 10.1. The molecule has 0 spiro atoms. The van der Waals surface area contributed by atoms with E-state index in [0.717, 1.165) is 11.1 Å². The average Bonchev–Trinajstić information content (AvgIpc) is 2.74. The van der Waals surface area contributed by atoms with Crippen LogP contribution in [0.4, 0.5) is 11.4 Å². The minimum Gasteiger partial charge on any atom is -0.444 e. The number of nitrogens with one attached hydrogen (secondary N) is 1. The highest BCUT2D eigenvalue weighted by molar-refractivity contribution is 5.98. The number of benzene rings is 3. The molecule has 0 heterocycles. The fourth-order valence-electron chi connectivity index (χ4n) is 3.13. The normalized spacial score (nSPS) is 11.5. The second kappa shape index (κ2) is 9.21. The number of anilines is 1. The molecule has 0 fully saturated rings. The van der Waals surface area contributed by atoms with Crippen LogP contribution in [0.5, 0.6) is 0 Å². The summed E-state index contributed by atoms with van der Waals surface area (Å²) in [5.41, 5.74) is 3.37.